The van der Waals surface area contributed by atoms with Crippen LogP contribution in [0.2, 0.25) is 0 Å². The molecule has 0 unspecified atom stereocenters. The van der Waals surface area contributed by atoms with Gasteiger partial charge in [-0.25, -0.2) is 4.79 Å². The Kier molecular flexibility index (Phi) is 3.80. The molecule has 0 saturated carbocycles. The maximum atomic E-state index is 11.8. The first kappa shape index (κ1) is 14.8. The van der Waals surface area contributed by atoms with Crippen LogP contribution >= 0.6 is 0 Å². The Labute approximate surface area is 130 Å². The zero-order valence-corrected chi connectivity index (χ0v) is 12.4. The standard InChI is InChI=1S/C15H15N5O3/c1-2-7-20-11(8-12(21)17-15(20)23)18-19-13-9-5-3-4-6-10(9)16-14(13)22/h3-6,8,16,22H,2,7H2,1H3,(H,17,21,23). The molecule has 0 aliphatic heterocycles. The topological polar surface area (TPSA) is 116 Å². The van der Waals surface area contributed by atoms with E-state index in [2.05, 4.69) is 20.2 Å². The highest BCUT2D eigenvalue weighted by Crippen LogP contribution is 2.35. The number of hydrogen-bond donors (Lipinski definition) is 3. The van der Waals surface area contributed by atoms with E-state index in [9.17, 15) is 14.7 Å². The number of para-hydroxylation sites is 1. The molecule has 0 radical (unpaired) electrons. The summed E-state index contributed by atoms with van der Waals surface area (Å²) in [5, 5.41) is 18.7. The number of benzene rings is 1. The Morgan fingerprint density at radius 3 is 2.74 bits per heavy atom. The molecule has 0 atom stereocenters. The Balaban J connectivity index is 2.11. The van der Waals surface area contributed by atoms with Crippen LogP contribution in [-0.4, -0.2) is 19.6 Å². The molecule has 0 aliphatic rings. The summed E-state index contributed by atoms with van der Waals surface area (Å²) >= 11 is 0. The summed E-state index contributed by atoms with van der Waals surface area (Å²) in [4.78, 5) is 28.3. The minimum absolute atomic E-state index is 0.121. The van der Waals surface area contributed by atoms with Crippen molar-refractivity contribution in [2.24, 2.45) is 10.2 Å². The van der Waals surface area contributed by atoms with Crippen LogP contribution in [0.4, 0.5) is 11.5 Å². The molecule has 118 valence electrons. The molecular formula is C15H15N5O3. The number of azo groups is 1. The Morgan fingerprint density at radius 1 is 1.17 bits per heavy atom. The van der Waals surface area contributed by atoms with Crippen LogP contribution in [0.3, 0.4) is 0 Å². The van der Waals surface area contributed by atoms with Gasteiger partial charge < -0.3 is 10.1 Å². The fraction of sp³-hybridized carbons (Fsp3) is 0.200. The quantitative estimate of drug-likeness (QED) is 0.643. The molecule has 3 aromatic rings. The van der Waals surface area contributed by atoms with E-state index in [1.54, 1.807) is 12.1 Å². The van der Waals surface area contributed by atoms with Gasteiger partial charge in [-0.05, 0) is 12.5 Å². The van der Waals surface area contributed by atoms with E-state index >= 15 is 0 Å². The van der Waals surface area contributed by atoms with Crippen molar-refractivity contribution in [1.82, 2.24) is 14.5 Å². The van der Waals surface area contributed by atoms with Gasteiger partial charge in [0.15, 0.2) is 11.5 Å². The largest absolute Gasteiger partial charge is 0.493 e. The van der Waals surface area contributed by atoms with Gasteiger partial charge in [0.25, 0.3) is 5.56 Å². The average molecular weight is 313 g/mol. The van der Waals surface area contributed by atoms with E-state index in [4.69, 9.17) is 0 Å². The molecule has 3 rings (SSSR count). The van der Waals surface area contributed by atoms with Crippen molar-refractivity contribution in [3.63, 3.8) is 0 Å². The van der Waals surface area contributed by atoms with Gasteiger partial charge in [-0.1, -0.05) is 25.1 Å². The maximum absolute atomic E-state index is 11.8. The lowest BCUT2D eigenvalue weighted by Crippen LogP contribution is -2.29. The molecule has 2 heterocycles. The van der Waals surface area contributed by atoms with Crippen molar-refractivity contribution in [1.29, 1.82) is 0 Å². The maximum Gasteiger partial charge on any atom is 0.330 e. The van der Waals surface area contributed by atoms with Gasteiger partial charge in [-0.15, -0.1) is 10.2 Å². The van der Waals surface area contributed by atoms with E-state index < -0.39 is 11.2 Å². The zero-order valence-electron chi connectivity index (χ0n) is 12.4. The number of nitrogens with zero attached hydrogens (tertiary/aromatic N) is 3. The number of fused-ring (bicyclic) bond motifs is 1. The van der Waals surface area contributed by atoms with Gasteiger partial charge in [0, 0.05) is 18.0 Å². The van der Waals surface area contributed by atoms with Gasteiger partial charge in [-0.3, -0.25) is 14.3 Å². The second kappa shape index (κ2) is 5.91. The van der Waals surface area contributed by atoms with Crippen molar-refractivity contribution in [3.05, 3.63) is 51.2 Å². The summed E-state index contributed by atoms with van der Waals surface area (Å²) < 4.78 is 1.33. The molecule has 0 spiro atoms. The molecule has 0 amide bonds. The molecule has 23 heavy (non-hydrogen) atoms. The summed E-state index contributed by atoms with van der Waals surface area (Å²) in [6.07, 6.45) is 0.701. The number of nitrogens with one attached hydrogen (secondary N) is 2. The van der Waals surface area contributed by atoms with Gasteiger partial charge >= 0.3 is 5.69 Å². The number of aromatic hydroxyl groups is 1. The van der Waals surface area contributed by atoms with Crippen LogP contribution in [0.1, 0.15) is 13.3 Å². The van der Waals surface area contributed by atoms with Crippen molar-refractivity contribution in [3.8, 4) is 5.88 Å². The van der Waals surface area contributed by atoms with Crippen LogP contribution in [-0.2, 0) is 6.54 Å². The third-order valence-electron chi connectivity index (χ3n) is 3.37. The van der Waals surface area contributed by atoms with Crippen LogP contribution in [0.15, 0.2) is 50.1 Å². The number of hydrogen-bond acceptors (Lipinski definition) is 5. The molecule has 2 aromatic heterocycles. The molecule has 3 N–H and O–H groups in total. The Hall–Kier alpha value is -3.16. The van der Waals surface area contributed by atoms with Gasteiger partial charge in [0.1, 0.15) is 0 Å². The zero-order chi connectivity index (χ0) is 16.4. The van der Waals surface area contributed by atoms with Crippen molar-refractivity contribution < 1.29 is 5.11 Å². The highest BCUT2D eigenvalue weighted by molar-refractivity contribution is 5.94. The first-order valence-electron chi connectivity index (χ1n) is 7.15. The summed E-state index contributed by atoms with van der Waals surface area (Å²) in [6.45, 7) is 2.31. The number of aromatic nitrogens is 3. The average Bonchev–Trinajstić information content (AvgIpc) is 2.83. The van der Waals surface area contributed by atoms with Crippen molar-refractivity contribution in [2.45, 2.75) is 19.9 Å². The third kappa shape index (κ3) is 2.78. The van der Waals surface area contributed by atoms with E-state index in [-0.39, 0.29) is 17.4 Å². The molecule has 0 saturated heterocycles. The second-order valence-corrected chi connectivity index (χ2v) is 5.02. The van der Waals surface area contributed by atoms with Crippen LogP contribution in [0, 0.1) is 0 Å². The highest BCUT2D eigenvalue weighted by atomic mass is 16.3. The smallest absolute Gasteiger partial charge is 0.330 e. The Morgan fingerprint density at radius 2 is 1.96 bits per heavy atom. The summed E-state index contributed by atoms with van der Waals surface area (Å²) in [7, 11) is 0. The van der Waals surface area contributed by atoms with E-state index in [0.29, 0.717) is 18.4 Å². The van der Waals surface area contributed by atoms with Crippen molar-refractivity contribution >= 4 is 22.4 Å². The fourth-order valence-electron chi connectivity index (χ4n) is 2.35. The Bertz CT molecular complexity index is 996. The van der Waals surface area contributed by atoms with E-state index in [1.165, 1.54) is 10.6 Å². The predicted molar refractivity (Wildman–Crippen MR) is 85.8 cm³/mol. The molecule has 0 aliphatic carbocycles. The SMILES string of the molecule is CCCn1c(N=Nc2c(O)[nH]c3ccccc23)cc(=O)[nH]c1=O. The summed E-state index contributed by atoms with van der Waals surface area (Å²) in [5.74, 6) is 0.0226. The predicted octanol–water partition coefficient (Wildman–Crippen LogP) is 2.55. The van der Waals surface area contributed by atoms with E-state index in [1.807, 2.05) is 19.1 Å². The fourth-order valence-corrected chi connectivity index (χ4v) is 2.35. The molecule has 1 aromatic carbocycles. The normalized spacial score (nSPS) is 11.5. The van der Waals surface area contributed by atoms with Crippen LogP contribution in [0.25, 0.3) is 10.9 Å². The molecule has 8 nitrogen and oxygen atoms in total. The number of H-pyrrole nitrogens is 2. The lowest BCUT2D eigenvalue weighted by atomic mass is 10.2. The minimum atomic E-state index is -0.542. The summed E-state index contributed by atoms with van der Waals surface area (Å²) in [6, 6.07) is 8.43. The van der Waals surface area contributed by atoms with Crippen LogP contribution in [0.5, 0.6) is 5.88 Å². The second-order valence-electron chi connectivity index (χ2n) is 5.02. The monoisotopic (exact) mass is 313 g/mol. The molecule has 8 heteroatoms. The number of rotatable bonds is 4. The first-order valence-corrected chi connectivity index (χ1v) is 7.15. The lowest BCUT2D eigenvalue weighted by Gasteiger charge is -2.05. The van der Waals surface area contributed by atoms with Gasteiger partial charge in [0.05, 0.1) is 5.52 Å². The molecular weight excluding hydrogens is 298 g/mol. The molecule has 0 fully saturated rings. The van der Waals surface area contributed by atoms with Gasteiger partial charge in [0.2, 0.25) is 5.88 Å². The van der Waals surface area contributed by atoms with E-state index in [0.717, 1.165) is 5.52 Å². The third-order valence-corrected chi connectivity index (χ3v) is 3.37. The highest BCUT2D eigenvalue weighted by Gasteiger charge is 2.10. The first-order chi connectivity index (χ1) is 11.1. The van der Waals surface area contributed by atoms with Gasteiger partial charge in [-0.2, -0.15) is 0 Å². The van der Waals surface area contributed by atoms with Crippen molar-refractivity contribution in [2.75, 3.05) is 0 Å². The number of aromatic amines is 2. The van der Waals surface area contributed by atoms with Crippen LogP contribution < -0.4 is 11.2 Å². The lowest BCUT2D eigenvalue weighted by molar-refractivity contribution is 0.459. The molecule has 0 bridgehead atoms. The summed E-state index contributed by atoms with van der Waals surface area (Å²) in [5.41, 5.74) is -0.0944. The minimum Gasteiger partial charge on any atom is -0.493 e.